The normalized spacial score (nSPS) is 11.7. The zero-order valence-corrected chi connectivity index (χ0v) is 12.4. The van der Waals surface area contributed by atoms with Crippen molar-refractivity contribution in [1.82, 2.24) is 9.97 Å². The summed E-state index contributed by atoms with van der Waals surface area (Å²) in [4.78, 5) is 17.6. The van der Waals surface area contributed by atoms with Crippen LogP contribution in [0.4, 0.5) is 19.0 Å². The molecule has 0 spiro atoms. The van der Waals surface area contributed by atoms with Gasteiger partial charge in [-0.15, -0.1) is 0 Å². The summed E-state index contributed by atoms with van der Waals surface area (Å²) in [6, 6.07) is 7.31. The summed E-state index contributed by atoms with van der Waals surface area (Å²) >= 11 is 0. The van der Waals surface area contributed by atoms with Gasteiger partial charge in [0.1, 0.15) is 11.5 Å². The van der Waals surface area contributed by atoms with E-state index in [-0.39, 0.29) is 11.3 Å². The van der Waals surface area contributed by atoms with Gasteiger partial charge in [0.25, 0.3) is 0 Å². The number of carboxylic acids is 1. The van der Waals surface area contributed by atoms with Gasteiger partial charge in [-0.1, -0.05) is 6.07 Å². The minimum Gasteiger partial charge on any atom is -0.477 e. The van der Waals surface area contributed by atoms with Crippen molar-refractivity contribution in [2.45, 2.75) is 6.18 Å². The van der Waals surface area contributed by atoms with Crippen LogP contribution in [-0.4, -0.2) is 28.1 Å². The molecule has 3 aromatic rings. The second kappa shape index (κ2) is 5.55. The number of benzene rings is 1. The average Bonchev–Trinajstić information content (AvgIpc) is 2.96. The number of carboxylic acid groups (broad SMARTS) is 1. The average molecular weight is 335 g/mol. The molecule has 0 atom stereocenters. The van der Waals surface area contributed by atoms with E-state index in [4.69, 9.17) is 5.11 Å². The Morgan fingerprint density at radius 2 is 2.00 bits per heavy atom. The molecule has 3 rings (SSSR count). The van der Waals surface area contributed by atoms with Gasteiger partial charge < -0.3 is 15.4 Å². The van der Waals surface area contributed by atoms with E-state index in [1.807, 2.05) is 0 Å². The van der Waals surface area contributed by atoms with Crippen LogP contribution in [0, 0.1) is 0 Å². The van der Waals surface area contributed by atoms with Crippen LogP contribution >= 0.6 is 0 Å². The number of hydrogen-bond donors (Lipinski definition) is 3. The van der Waals surface area contributed by atoms with Crippen molar-refractivity contribution in [3.8, 4) is 11.1 Å². The molecule has 0 saturated carbocycles. The minimum atomic E-state index is -4.50. The molecule has 0 aliphatic carbocycles. The number of rotatable bonds is 3. The van der Waals surface area contributed by atoms with Crippen molar-refractivity contribution in [2.24, 2.45) is 0 Å². The fourth-order valence-corrected chi connectivity index (χ4v) is 2.45. The zero-order chi connectivity index (χ0) is 17.5. The number of aromatic nitrogens is 2. The number of anilines is 1. The Labute approximate surface area is 134 Å². The first-order chi connectivity index (χ1) is 11.3. The maximum Gasteiger partial charge on any atom is 0.417 e. The van der Waals surface area contributed by atoms with Crippen molar-refractivity contribution in [2.75, 3.05) is 12.4 Å². The fraction of sp³-hybridized carbons (Fsp3) is 0.125. The van der Waals surface area contributed by atoms with Crippen molar-refractivity contribution < 1.29 is 23.1 Å². The Morgan fingerprint density at radius 1 is 1.25 bits per heavy atom. The monoisotopic (exact) mass is 335 g/mol. The molecule has 0 aliphatic heterocycles. The van der Waals surface area contributed by atoms with E-state index in [1.165, 1.54) is 6.07 Å². The number of halogens is 3. The van der Waals surface area contributed by atoms with Crippen LogP contribution in [-0.2, 0) is 6.18 Å². The third-order valence-electron chi connectivity index (χ3n) is 3.61. The van der Waals surface area contributed by atoms with Gasteiger partial charge in [-0.3, -0.25) is 0 Å². The van der Waals surface area contributed by atoms with Crippen LogP contribution in [0.3, 0.4) is 0 Å². The van der Waals surface area contributed by atoms with E-state index >= 15 is 0 Å². The van der Waals surface area contributed by atoms with Crippen LogP contribution in [0.1, 0.15) is 16.1 Å². The Hall–Kier alpha value is -3.03. The molecule has 8 heteroatoms. The molecule has 0 saturated heterocycles. The first-order valence-corrected chi connectivity index (χ1v) is 6.91. The molecule has 0 unspecified atom stereocenters. The molecule has 2 aromatic heterocycles. The molecule has 2 heterocycles. The molecule has 0 radical (unpaired) electrons. The number of pyridine rings is 1. The van der Waals surface area contributed by atoms with E-state index in [0.717, 1.165) is 12.3 Å². The lowest BCUT2D eigenvalue weighted by Crippen LogP contribution is -2.07. The molecule has 0 amide bonds. The first-order valence-electron chi connectivity index (χ1n) is 6.91. The number of aromatic carboxylic acids is 1. The Kier molecular flexibility index (Phi) is 3.67. The number of nitrogens with zero attached hydrogens (tertiary/aromatic N) is 1. The predicted octanol–water partition coefficient (Wildman–Crippen LogP) is 3.99. The lowest BCUT2D eigenvalue weighted by atomic mass is 10.0. The predicted molar refractivity (Wildman–Crippen MR) is 83.0 cm³/mol. The molecule has 5 nitrogen and oxygen atoms in total. The Bertz CT molecular complexity index is 932. The standard InChI is InChI=1S/C16H12F3N3O2/c1-20-14-11(6-10(7-21-14)16(17,18)19)8-2-3-12-9(4-8)5-13(22-12)15(23)24/h2-7,22H,1H3,(H,20,21)(H,23,24). The third-order valence-corrected chi connectivity index (χ3v) is 3.61. The lowest BCUT2D eigenvalue weighted by molar-refractivity contribution is -0.137. The molecule has 0 bridgehead atoms. The molecule has 0 aliphatic rings. The molecule has 0 fully saturated rings. The van der Waals surface area contributed by atoms with E-state index in [2.05, 4.69) is 15.3 Å². The summed E-state index contributed by atoms with van der Waals surface area (Å²) in [5.74, 6) is -0.805. The highest BCUT2D eigenvalue weighted by molar-refractivity contribution is 5.95. The minimum absolute atomic E-state index is 0.0122. The van der Waals surface area contributed by atoms with E-state index in [0.29, 0.717) is 22.3 Å². The molecular formula is C16H12F3N3O2. The van der Waals surface area contributed by atoms with Gasteiger partial charge in [0.05, 0.1) is 5.56 Å². The lowest BCUT2D eigenvalue weighted by Gasteiger charge is -2.12. The van der Waals surface area contributed by atoms with Crippen LogP contribution in [0.15, 0.2) is 36.5 Å². The molecular weight excluding hydrogens is 323 g/mol. The summed E-state index contributed by atoms with van der Waals surface area (Å²) in [7, 11) is 1.57. The Morgan fingerprint density at radius 3 is 2.62 bits per heavy atom. The van der Waals surface area contributed by atoms with Gasteiger partial charge in [-0.2, -0.15) is 13.2 Å². The maximum absolute atomic E-state index is 12.9. The highest BCUT2D eigenvalue weighted by atomic mass is 19.4. The van der Waals surface area contributed by atoms with Gasteiger partial charge in [-0.05, 0) is 29.8 Å². The summed E-state index contributed by atoms with van der Waals surface area (Å²) in [5, 5.41) is 12.4. The van der Waals surface area contributed by atoms with Crippen LogP contribution < -0.4 is 5.32 Å². The number of H-pyrrole nitrogens is 1. The van der Waals surface area contributed by atoms with Gasteiger partial charge >= 0.3 is 12.1 Å². The topological polar surface area (TPSA) is 78.0 Å². The third kappa shape index (κ3) is 2.78. The number of carbonyl (C=O) groups is 1. The summed E-state index contributed by atoms with van der Waals surface area (Å²) in [6.45, 7) is 0. The Balaban J connectivity index is 2.16. The van der Waals surface area contributed by atoms with Crippen molar-refractivity contribution in [3.05, 3.63) is 47.8 Å². The van der Waals surface area contributed by atoms with Crippen molar-refractivity contribution in [3.63, 3.8) is 0 Å². The van der Waals surface area contributed by atoms with E-state index in [1.54, 1.807) is 25.2 Å². The summed E-state index contributed by atoms with van der Waals surface area (Å²) < 4.78 is 38.8. The molecule has 24 heavy (non-hydrogen) atoms. The van der Waals surface area contributed by atoms with Crippen LogP contribution in [0.25, 0.3) is 22.0 Å². The number of fused-ring (bicyclic) bond motifs is 1. The summed E-state index contributed by atoms with van der Waals surface area (Å²) in [6.07, 6.45) is -3.73. The number of aromatic amines is 1. The summed E-state index contributed by atoms with van der Waals surface area (Å²) in [5.41, 5.74) is 0.533. The number of hydrogen-bond acceptors (Lipinski definition) is 3. The van der Waals surface area contributed by atoms with Crippen LogP contribution in [0.2, 0.25) is 0 Å². The zero-order valence-electron chi connectivity index (χ0n) is 12.4. The molecule has 3 N–H and O–H groups in total. The van der Waals surface area contributed by atoms with Gasteiger partial charge in [0.15, 0.2) is 0 Å². The molecule has 124 valence electrons. The van der Waals surface area contributed by atoms with Gasteiger partial charge in [0.2, 0.25) is 0 Å². The highest BCUT2D eigenvalue weighted by Gasteiger charge is 2.31. The smallest absolute Gasteiger partial charge is 0.417 e. The number of alkyl halides is 3. The molecule has 1 aromatic carbocycles. The van der Waals surface area contributed by atoms with Gasteiger partial charge in [0, 0.05) is 29.7 Å². The second-order valence-corrected chi connectivity index (χ2v) is 5.16. The second-order valence-electron chi connectivity index (χ2n) is 5.16. The first kappa shape index (κ1) is 15.9. The SMILES string of the molecule is CNc1ncc(C(F)(F)F)cc1-c1ccc2[nH]c(C(=O)O)cc2c1. The van der Waals surface area contributed by atoms with Crippen molar-refractivity contribution in [1.29, 1.82) is 0 Å². The fourth-order valence-electron chi connectivity index (χ4n) is 2.45. The van der Waals surface area contributed by atoms with E-state index in [9.17, 15) is 18.0 Å². The highest BCUT2D eigenvalue weighted by Crippen LogP contribution is 2.35. The van der Waals surface area contributed by atoms with E-state index < -0.39 is 17.7 Å². The maximum atomic E-state index is 12.9. The van der Waals surface area contributed by atoms with Gasteiger partial charge in [-0.25, -0.2) is 9.78 Å². The van der Waals surface area contributed by atoms with Crippen LogP contribution in [0.5, 0.6) is 0 Å². The largest absolute Gasteiger partial charge is 0.477 e. The quantitative estimate of drug-likeness (QED) is 0.676. The van der Waals surface area contributed by atoms with Crippen molar-refractivity contribution >= 4 is 22.7 Å². The number of nitrogens with one attached hydrogen (secondary N) is 2.